The summed E-state index contributed by atoms with van der Waals surface area (Å²) in [7, 11) is 0. The van der Waals surface area contributed by atoms with Crippen molar-refractivity contribution in [1.29, 1.82) is 0 Å². The molecule has 0 bridgehead atoms. The van der Waals surface area contributed by atoms with Crippen LogP contribution in [0.5, 0.6) is 0 Å². The smallest absolute Gasteiger partial charge is 0.255 e. The maximum atomic E-state index is 13.0. The molecule has 0 unspecified atom stereocenters. The summed E-state index contributed by atoms with van der Waals surface area (Å²) >= 11 is 0. The van der Waals surface area contributed by atoms with E-state index < -0.39 is 6.04 Å². The largest absolute Gasteiger partial charge is 0.322 e. The molecule has 3 amide bonds. The molecule has 1 N–H and O–H groups in total. The van der Waals surface area contributed by atoms with E-state index in [0.717, 1.165) is 23.2 Å². The first kappa shape index (κ1) is 19.2. The van der Waals surface area contributed by atoms with Crippen molar-refractivity contribution in [1.82, 2.24) is 0 Å². The first-order valence-electron chi connectivity index (χ1n) is 10.1. The molecule has 0 aliphatic carbocycles. The minimum absolute atomic E-state index is 0.0339. The molecule has 150 valence electrons. The fraction of sp³-hybridized carbons (Fsp3) is 0.348. The number of benzene rings is 2. The van der Waals surface area contributed by atoms with Gasteiger partial charge in [0.15, 0.2) is 0 Å². The molecule has 2 aliphatic heterocycles. The molecule has 0 aromatic heterocycles. The van der Waals surface area contributed by atoms with Crippen LogP contribution in [0.2, 0.25) is 0 Å². The van der Waals surface area contributed by atoms with E-state index in [1.165, 1.54) is 0 Å². The number of fused-ring (bicyclic) bond motifs is 3. The van der Waals surface area contributed by atoms with Crippen LogP contribution >= 0.6 is 0 Å². The lowest BCUT2D eigenvalue weighted by atomic mass is 10.0. The van der Waals surface area contributed by atoms with Crippen LogP contribution in [-0.2, 0) is 9.59 Å². The quantitative estimate of drug-likeness (QED) is 0.862. The van der Waals surface area contributed by atoms with Crippen LogP contribution in [0.15, 0.2) is 36.4 Å². The van der Waals surface area contributed by atoms with Crippen LogP contribution in [0.3, 0.4) is 0 Å². The molecule has 29 heavy (non-hydrogen) atoms. The monoisotopic (exact) mass is 391 g/mol. The summed E-state index contributed by atoms with van der Waals surface area (Å²) in [6.45, 7) is 6.50. The van der Waals surface area contributed by atoms with Gasteiger partial charge in [-0.1, -0.05) is 19.1 Å². The zero-order valence-electron chi connectivity index (χ0n) is 17.0. The van der Waals surface area contributed by atoms with Gasteiger partial charge in [-0.15, -0.1) is 0 Å². The zero-order valence-corrected chi connectivity index (χ0v) is 17.0. The molecule has 2 heterocycles. The van der Waals surface area contributed by atoms with Gasteiger partial charge in [-0.25, -0.2) is 0 Å². The minimum atomic E-state index is -0.420. The number of nitrogens with one attached hydrogen (secondary N) is 1. The van der Waals surface area contributed by atoms with Gasteiger partial charge >= 0.3 is 0 Å². The third-order valence-corrected chi connectivity index (χ3v) is 5.64. The van der Waals surface area contributed by atoms with Gasteiger partial charge in [-0.2, -0.15) is 0 Å². The van der Waals surface area contributed by atoms with Crippen LogP contribution in [-0.4, -0.2) is 30.3 Å². The highest BCUT2D eigenvalue weighted by molar-refractivity contribution is 6.16. The van der Waals surface area contributed by atoms with Gasteiger partial charge in [0.05, 0.1) is 11.4 Å². The molecule has 0 saturated carbocycles. The van der Waals surface area contributed by atoms with Crippen molar-refractivity contribution >= 4 is 34.8 Å². The molecular formula is C23H25N3O3. The first-order chi connectivity index (χ1) is 13.9. The number of hydrogen-bond donors (Lipinski definition) is 1. The number of nitrogens with zero attached hydrogens (tertiary/aromatic N) is 2. The molecule has 0 spiro atoms. The Balaban J connectivity index is 1.71. The number of hydrogen-bond acceptors (Lipinski definition) is 3. The lowest BCUT2D eigenvalue weighted by Gasteiger charge is -2.38. The summed E-state index contributed by atoms with van der Waals surface area (Å²) in [6.07, 6.45) is 1.72. The van der Waals surface area contributed by atoms with Crippen molar-refractivity contribution in [3.63, 3.8) is 0 Å². The Bertz CT molecular complexity index is 1010. The Morgan fingerprint density at radius 1 is 1.10 bits per heavy atom. The number of carbonyl (C=O) groups is 3. The molecule has 1 saturated heterocycles. The van der Waals surface area contributed by atoms with Crippen LogP contribution in [0.1, 0.15) is 47.7 Å². The second kappa shape index (κ2) is 7.35. The Labute approximate surface area is 170 Å². The number of carbonyl (C=O) groups excluding carboxylic acids is 3. The van der Waals surface area contributed by atoms with E-state index in [1.807, 2.05) is 39.0 Å². The fourth-order valence-corrected chi connectivity index (χ4v) is 4.12. The number of aryl methyl sites for hydroxylation is 2. The van der Waals surface area contributed by atoms with Gasteiger partial charge in [-0.3, -0.25) is 19.3 Å². The van der Waals surface area contributed by atoms with Crippen LogP contribution in [0.25, 0.3) is 0 Å². The normalized spacial score (nSPS) is 18.0. The zero-order chi connectivity index (χ0) is 20.7. The molecule has 2 aliphatic rings. The second-order valence-corrected chi connectivity index (χ2v) is 7.78. The van der Waals surface area contributed by atoms with Crippen molar-refractivity contribution in [3.8, 4) is 0 Å². The molecule has 6 nitrogen and oxygen atoms in total. The molecule has 1 atom stereocenters. The van der Waals surface area contributed by atoms with Crippen LogP contribution in [0, 0.1) is 13.8 Å². The molecule has 6 heteroatoms. The van der Waals surface area contributed by atoms with Crippen LogP contribution in [0.4, 0.5) is 17.1 Å². The van der Waals surface area contributed by atoms with E-state index in [9.17, 15) is 14.4 Å². The first-order valence-corrected chi connectivity index (χ1v) is 10.1. The topological polar surface area (TPSA) is 69.7 Å². The van der Waals surface area contributed by atoms with Crippen LogP contribution < -0.4 is 15.1 Å². The maximum absolute atomic E-state index is 13.0. The molecule has 4 rings (SSSR count). The van der Waals surface area contributed by atoms with Gasteiger partial charge in [0, 0.05) is 24.2 Å². The highest BCUT2D eigenvalue weighted by Gasteiger charge is 2.44. The summed E-state index contributed by atoms with van der Waals surface area (Å²) in [5, 5.41) is 2.96. The van der Waals surface area contributed by atoms with Crippen molar-refractivity contribution in [2.24, 2.45) is 0 Å². The standard InChI is InChI=1S/C23H25N3O3/c1-4-11-25-20-13-16(22(28)24-17-12-14(2)5-6-15(17)3)7-8-18(20)26-19(23(25)29)9-10-21(26)27/h5-8,12-13,19H,4,9-11H2,1-3H3,(H,24,28)/t19-/m0/s1. The maximum Gasteiger partial charge on any atom is 0.255 e. The molecule has 2 aromatic carbocycles. The van der Waals surface area contributed by atoms with E-state index >= 15 is 0 Å². The van der Waals surface area contributed by atoms with Crippen molar-refractivity contribution in [2.45, 2.75) is 46.1 Å². The van der Waals surface area contributed by atoms with Crippen molar-refractivity contribution in [3.05, 3.63) is 53.1 Å². The third kappa shape index (κ3) is 3.28. The Hall–Kier alpha value is -3.15. The number of anilines is 3. The highest BCUT2D eigenvalue weighted by atomic mass is 16.2. The SMILES string of the molecule is CCCN1C(=O)[C@@H]2CCC(=O)N2c2ccc(C(=O)Nc3cc(C)ccc3C)cc21. The number of rotatable bonds is 4. The number of amides is 3. The van der Waals surface area contributed by atoms with Gasteiger partial charge in [-0.05, 0) is 62.1 Å². The van der Waals surface area contributed by atoms with Crippen molar-refractivity contribution < 1.29 is 14.4 Å². The average Bonchev–Trinajstić information content (AvgIpc) is 3.09. The molecule has 2 aromatic rings. The molecular weight excluding hydrogens is 366 g/mol. The lowest BCUT2D eigenvalue weighted by Crippen LogP contribution is -2.52. The Kier molecular flexibility index (Phi) is 4.86. The Morgan fingerprint density at radius 2 is 1.90 bits per heavy atom. The van der Waals surface area contributed by atoms with E-state index in [2.05, 4.69) is 5.32 Å². The summed E-state index contributed by atoms with van der Waals surface area (Å²) < 4.78 is 0. The van der Waals surface area contributed by atoms with Gasteiger partial charge in [0.1, 0.15) is 6.04 Å². The second-order valence-electron chi connectivity index (χ2n) is 7.78. The van der Waals surface area contributed by atoms with Crippen molar-refractivity contribution in [2.75, 3.05) is 21.7 Å². The van der Waals surface area contributed by atoms with E-state index in [1.54, 1.807) is 28.0 Å². The summed E-state index contributed by atoms with van der Waals surface area (Å²) in [4.78, 5) is 41.6. The van der Waals surface area contributed by atoms with E-state index in [-0.39, 0.29) is 17.7 Å². The predicted octanol–water partition coefficient (Wildman–Crippen LogP) is 3.81. The van der Waals surface area contributed by atoms with Gasteiger partial charge in [0.25, 0.3) is 5.91 Å². The highest BCUT2D eigenvalue weighted by Crippen LogP contribution is 2.41. The average molecular weight is 391 g/mol. The molecule has 1 fully saturated rings. The third-order valence-electron chi connectivity index (χ3n) is 5.64. The Morgan fingerprint density at radius 3 is 2.66 bits per heavy atom. The van der Waals surface area contributed by atoms with Gasteiger partial charge in [0.2, 0.25) is 11.8 Å². The predicted molar refractivity (Wildman–Crippen MR) is 113 cm³/mol. The fourth-order valence-electron chi connectivity index (χ4n) is 4.12. The van der Waals surface area contributed by atoms with E-state index in [4.69, 9.17) is 0 Å². The lowest BCUT2D eigenvalue weighted by molar-refractivity contribution is -0.122. The van der Waals surface area contributed by atoms with Gasteiger partial charge < -0.3 is 10.2 Å². The summed E-state index contributed by atoms with van der Waals surface area (Å²) in [5.74, 6) is -0.328. The molecule has 0 radical (unpaired) electrons. The van der Waals surface area contributed by atoms with E-state index in [0.29, 0.717) is 36.3 Å². The minimum Gasteiger partial charge on any atom is -0.322 e. The summed E-state index contributed by atoms with van der Waals surface area (Å²) in [5.41, 5.74) is 4.63. The summed E-state index contributed by atoms with van der Waals surface area (Å²) in [6, 6.07) is 10.7.